The van der Waals surface area contributed by atoms with E-state index in [1.165, 1.54) is 11.8 Å². The predicted molar refractivity (Wildman–Crippen MR) is 72.6 cm³/mol. The number of rotatable bonds is 4. The molecule has 1 fully saturated rings. The van der Waals surface area contributed by atoms with Gasteiger partial charge in [-0.15, -0.1) is 0 Å². The average Bonchev–Trinajstić information content (AvgIpc) is 2.69. The second kappa shape index (κ2) is 5.87. The molecule has 0 bridgehead atoms. The van der Waals surface area contributed by atoms with Crippen molar-refractivity contribution in [3.63, 3.8) is 0 Å². The Kier molecular flexibility index (Phi) is 4.20. The first kappa shape index (κ1) is 12.2. The van der Waals surface area contributed by atoms with Gasteiger partial charge in [-0.25, -0.2) is 4.99 Å². The van der Waals surface area contributed by atoms with Crippen molar-refractivity contribution in [3.05, 3.63) is 30.3 Å². The third kappa shape index (κ3) is 3.09. The van der Waals surface area contributed by atoms with Crippen LogP contribution in [0.2, 0.25) is 0 Å². The van der Waals surface area contributed by atoms with Crippen LogP contribution in [0.15, 0.2) is 35.3 Å². The molecule has 0 N–H and O–H groups in total. The zero-order valence-corrected chi connectivity index (χ0v) is 10.7. The Bertz CT molecular complexity index is 417. The van der Waals surface area contributed by atoms with Crippen molar-refractivity contribution in [3.8, 4) is 0 Å². The molecule has 0 unspecified atom stereocenters. The topological polar surface area (TPSA) is 32.7 Å². The summed E-state index contributed by atoms with van der Waals surface area (Å²) in [4.78, 5) is 18.0. The van der Waals surface area contributed by atoms with Crippen LogP contribution in [0.25, 0.3) is 0 Å². The molecule has 90 valence electrons. The van der Waals surface area contributed by atoms with Gasteiger partial charge in [0, 0.05) is 6.54 Å². The lowest BCUT2D eigenvalue weighted by molar-refractivity contribution is -0.124. The number of hydrogen-bond donors (Lipinski definition) is 0. The Morgan fingerprint density at radius 1 is 1.35 bits per heavy atom. The van der Waals surface area contributed by atoms with E-state index in [0.717, 1.165) is 30.2 Å². The molecule has 1 aromatic rings. The van der Waals surface area contributed by atoms with Crippen LogP contribution in [-0.4, -0.2) is 28.3 Å². The standard InChI is InChI=1S/C13H16N2OS/c1-2-3-9-15-12(16)10-17-13(15)14-11-7-5-4-6-8-11/h4-8H,2-3,9-10H2,1H3. The Morgan fingerprint density at radius 3 is 2.82 bits per heavy atom. The van der Waals surface area contributed by atoms with Crippen molar-refractivity contribution >= 4 is 28.5 Å². The fourth-order valence-corrected chi connectivity index (χ4v) is 2.56. The number of carbonyl (C=O) groups excluding carboxylic acids is 1. The molecular weight excluding hydrogens is 232 g/mol. The Morgan fingerprint density at radius 2 is 2.12 bits per heavy atom. The molecule has 1 heterocycles. The maximum absolute atomic E-state index is 11.7. The van der Waals surface area contributed by atoms with Crippen LogP contribution < -0.4 is 0 Å². The summed E-state index contributed by atoms with van der Waals surface area (Å²) in [7, 11) is 0. The van der Waals surface area contributed by atoms with Crippen LogP contribution >= 0.6 is 11.8 Å². The van der Waals surface area contributed by atoms with Crippen molar-refractivity contribution in [1.82, 2.24) is 4.90 Å². The molecule has 0 spiro atoms. The van der Waals surface area contributed by atoms with Crippen molar-refractivity contribution in [1.29, 1.82) is 0 Å². The van der Waals surface area contributed by atoms with Gasteiger partial charge in [-0.1, -0.05) is 43.3 Å². The van der Waals surface area contributed by atoms with Gasteiger partial charge >= 0.3 is 0 Å². The van der Waals surface area contributed by atoms with E-state index >= 15 is 0 Å². The van der Waals surface area contributed by atoms with Gasteiger partial charge in [-0.2, -0.15) is 0 Å². The van der Waals surface area contributed by atoms with Crippen LogP contribution in [0, 0.1) is 0 Å². The molecule has 2 rings (SSSR count). The minimum Gasteiger partial charge on any atom is -0.291 e. The molecule has 0 aliphatic carbocycles. The van der Waals surface area contributed by atoms with Gasteiger partial charge in [0.2, 0.25) is 5.91 Å². The molecular formula is C13H16N2OS. The van der Waals surface area contributed by atoms with Gasteiger partial charge in [0.15, 0.2) is 5.17 Å². The molecule has 1 aromatic carbocycles. The highest BCUT2D eigenvalue weighted by Gasteiger charge is 2.27. The number of carbonyl (C=O) groups is 1. The first-order valence-corrected chi connectivity index (χ1v) is 6.86. The van der Waals surface area contributed by atoms with E-state index < -0.39 is 0 Å². The van der Waals surface area contributed by atoms with Crippen LogP contribution in [0.4, 0.5) is 5.69 Å². The third-order valence-electron chi connectivity index (χ3n) is 2.57. The van der Waals surface area contributed by atoms with E-state index in [9.17, 15) is 4.79 Å². The highest BCUT2D eigenvalue weighted by atomic mass is 32.2. The van der Waals surface area contributed by atoms with Crippen molar-refractivity contribution in [2.24, 2.45) is 4.99 Å². The number of aliphatic imine (C=N–C) groups is 1. The van der Waals surface area contributed by atoms with Gasteiger partial charge in [0.1, 0.15) is 0 Å². The smallest absolute Gasteiger partial charge is 0.239 e. The minimum absolute atomic E-state index is 0.179. The van der Waals surface area contributed by atoms with Crippen LogP contribution in [0.1, 0.15) is 19.8 Å². The second-order valence-electron chi connectivity index (χ2n) is 3.92. The fourth-order valence-electron chi connectivity index (χ4n) is 1.63. The predicted octanol–water partition coefficient (Wildman–Crippen LogP) is 3.05. The van der Waals surface area contributed by atoms with E-state index in [-0.39, 0.29) is 5.91 Å². The first-order chi connectivity index (χ1) is 8.31. The Labute approximate surface area is 106 Å². The average molecular weight is 248 g/mol. The van der Waals surface area contributed by atoms with E-state index in [4.69, 9.17) is 0 Å². The molecule has 0 saturated carbocycles. The van der Waals surface area contributed by atoms with E-state index in [1.54, 1.807) is 4.90 Å². The molecule has 3 nitrogen and oxygen atoms in total. The van der Waals surface area contributed by atoms with Crippen LogP contribution in [0.5, 0.6) is 0 Å². The summed E-state index contributed by atoms with van der Waals surface area (Å²) < 4.78 is 0. The number of amides is 1. The SMILES string of the molecule is CCCCN1C(=O)CSC1=Nc1ccccc1. The van der Waals surface area contributed by atoms with Crippen molar-refractivity contribution in [2.45, 2.75) is 19.8 Å². The number of benzene rings is 1. The highest BCUT2D eigenvalue weighted by molar-refractivity contribution is 8.15. The monoisotopic (exact) mass is 248 g/mol. The van der Waals surface area contributed by atoms with Crippen LogP contribution in [0.3, 0.4) is 0 Å². The fraction of sp³-hybridized carbons (Fsp3) is 0.385. The minimum atomic E-state index is 0.179. The number of hydrogen-bond acceptors (Lipinski definition) is 3. The molecule has 0 atom stereocenters. The first-order valence-electron chi connectivity index (χ1n) is 5.88. The molecule has 1 aliphatic heterocycles. The molecule has 1 aliphatic rings. The summed E-state index contributed by atoms with van der Waals surface area (Å²) in [6, 6.07) is 9.78. The Hall–Kier alpha value is -1.29. The maximum atomic E-state index is 11.7. The molecule has 1 amide bonds. The molecule has 1 saturated heterocycles. The normalized spacial score (nSPS) is 18.1. The second-order valence-corrected chi connectivity index (χ2v) is 4.86. The highest BCUT2D eigenvalue weighted by Crippen LogP contribution is 2.23. The van der Waals surface area contributed by atoms with Crippen molar-refractivity contribution in [2.75, 3.05) is 12.3 Å². The molecule has 17 heavy (non-hydrogen) atoms. The lowest BCUT2D eigenvalue weighted by Gasteiger charge is -2.15. The summed E-state index contributed by atoms with van der Waals surface area (Å²) in [5, 5.41) is 0.842. The van der Waals surface area contributed by atoms with Gasteiger partial charge in [0.25, 0.3) is 0 Å². The number of para-hydroxylation sites is 1. The molecule has 0 radical (unpaired) electrons. The summed E-state index contributed by atoms with van der Waals surface area (Å²) in [6.45, 7) is 2.91. The van der Waals surface area contributed by atoms with Gasteiger partial charge < -0.3 is 0 Å². The molecule has 0 aromatic heterocycles. The number of unbranched alkanes of at least 4 members (excludes halogenated alkanes) is 1. The lowest BCUT2D eigenvalue weighted by atomic mass is 10.3. The number of amidine groups is 1. The van der Waals surface area contributed by atoms with E-state index in [0.29, 0.717) is 5.75 Å². The van der Waals surface area contributed by atoms with E-state index in [1.807, 2.05) is 30.3 Å². The largest absolute Gasteiger partial charge is 0.291 e. The number of thioether (sulfide) groups is 1. The summed E-state index contributed by atoms with van der Waals surface area (Å²) in [5.74, 6) is 0.702. The zero-order valence-electron chi connectivity index (χ0n) is 9.93. The van der Waals surface area contributed by atoms with Crippen LogP contribution in [-0.2, 0) is 4.79 Å². The van der Waals surface area contributed by atoms with Crippen molar-refractivity contribution < 1.29 is 4.79 Å². The van der Waals surface area contributed by atoms with Gasteiger partial charge in [-0.05, 0) is 18.6 Å². The quantitative estimate of drug-likeness (QED) is 0.820. The Balaban J connectivity index is 2.14. The van der Waals surface area contributed by atoms with Gasteiger partial charge in [-0.3, -0.25) is 9.69 Å². The summed E-state index contributed by atoms with van der Waals surface area (Å²) in [5.41, 5.74) is 0.909. The lowest BCUT2D eigenvalue weighted by Crippen LogP contribution is -2.30. The maximum Gasteiger partial charge on any atom is 0.239 e. The zero-order chi connectivity index (χ0) is 12.1. The number of nitrogens with zero attached hydrogens (tertiary/aromatic N) is 2. The van der Waals surface area contributed by atoms with E-state index in [2.05, 4.69) is 11.9 Å². The summed E-state index contributed by atoms with van der Waals surface area (Å²) >= 11 is 1.53. The summed E-state index contributed by atoms with van der Waals surface area (Å²) in [6.07, 6.45) is 2.12. The van der Waals surface area contributed by atoms with Gasteiger partial charge in [0.05, 0.1) is 11.4 Å². The third-order valence-corrected chi connectivity index (χ3v) is 3.53. The molecule has 4 heteroatoms.